The van der Waals surface area contributed by atoms with Crippen molar-refractivity contribution < 1.29 is 19.5 Å². The fourth-order valence-corrected chi connectivity index (χ4v) is 6.33. The number of hydrogen-bond acceptors (Lipinski definition) is 5. The third-order valence-electron chi connectivity index (χ3n) is 9.02. The molecule has 37 heavy (non-hydrogen) atoms. The van der Waals surface area contributed by atoms with E-state index < -0.39 is 11.0 Å². The summed E-state index contributed by atoms with van der Waals surface area (Å²) < 4.78 is 0. The fraction of sp³-hybridized carbons (Fsp3) is 0.679. The summed E-state index contributed by atoms with van der Waals surface area (Å²) in [4.78, 5) is 42.1. The molecule has 0 atom stereocenters. The molecule has 0 unspecified atom stereocenters. The Labute approximate surface area is 220 Å². The Morgan fingerprint density at radius 3 is 2.22 bits per heavy atom. The molecule has 3 fully saturated rings. The van der Waals surface area contributed by atoms with E-state index in [2.05, 4.69) is 40.2 Å². The Hall–Kier alpha value is -2.65. The minimum Gasteiger partial charge on any atom is -0.388 e. The van der Waals surface area contributed by atoms with Crippen LogP contribution < -0.4 is 16.0 Å². The third kappa shape index (κ3) is 5.34. The predicted octanol–water partition coefficient (Wildman–Crippen LogP) is 1.96. The molecule has 9 nitrogen and oxygen atoms in total. The minimum absolute atomic E-state index is 0.0958. The second kappa shape index (κ2) is 10.3. The first-order valence-corrected chi connectivity index (χ1v) is 13.5. The van der Waals surface area contributed by atoms with Gasteiger partial charge >= 0.3 is 6.03 Å². The normalized spacial score (nSPS) is 27.2. The molecule has 0 radical (unpaired) electrons. The van der Waals surface area contributed by atoms with Crippen molar-refractivity contribution in [2.45, 2.75) is 75.5 Å². The summed E-state index contributed by atoms with van der Waals surface area (Å²) in [5.41, 5.74) is -0.975. The van der Waals surface area contributed by atoms with Crippen LogP contribution in [0.4, 0.5) is 4.79 Å². The van der Waals surface area contributed by atoms with E-state index in [1.165, 1.54) is 12.6 Å². The van der Waals surface area contributed by atoms with E-state index in [4.69, 9.17) is 0 Å². The number of benzene rings is 1. The van der Waals surface area contributed by atoms with E-state index in [1.807, 2.05) is 18.0 Å². The molecule has 1 saturated heterocycles. The van der Waals surface area contributed by atoms with Crippen molar-refractivity contribution in [3.05, 3.63) is 35.9 Å². The van der Waals surface area contributed by atoms with Crippen molar-refractivity contribution in [3.8, 4) is 0 Å². The molecular weight excluding hydrogens is 470 g/mol. The van der Waals surface area contributed by atoms with E-state index in [9.17, 15) is 19.5 Å². The number of amides is 4. The number of likely N-dealkylation sites (N-methyl/N-ethyl adjacent to an activating group) is 1. The quantitative estimate of drug-likeness (QED) is 0.403. The number of aliphatic hydroxyl groups is 1. The van der Waals surface area contributed by atoms with E-state index in [0.29, 0.717) is 25.9 Å². The fourth-order valence-electron chi connectivity index (χ4n) is 6.33. The van der Waals surface area contributed by atoms with Gasteiger partial charge in [0.1, 0.15) is 0 Å². The highest BCUT2D eigenvalue weighted by Crippen LogP contribution is 2.48. The smallest absolute Gasteiger partial charge is 0.320 e. The Kier molecular flexibility index (Phi) is 7.59. The number of nitrogens with zero attached hydrogens (tertiary/aromatic N) is 2. The maximum atomic E-state index is 13.8. The van der Waals surface area contributed by atoms with Gasteiger partial charge in [0, 0.05) is 25.7 Å². The molecular formula is C28H43N5O4. The number of carbonyl (C=O) groups excluding carboxylic acids is 3. The van der Waals surface area contributed by atoms with E-state index in [1.54, 1.807) is 18.7 Å². The first-order valence-electron chi connectivity index (χ1n) is 13.5. The molecule has 1 aromatic rings. The van der Waals surface area contributed by atoms with Crippen molar-refractivity contribution in [2.24, 2.45) is 5.41 Å². The van der Waals surface area contributed by atoms with Crippen LogP contribution in [0.3, 0.4) is 0 Å². The summed E-state index contributed by atoms with van der Waals surface area (Å²) in [6, 6.07) is 10.4. The van der Waals surface area contributed by atoms with Gasteiger partial charge in [-0.05, 0) is 71.4 Å². The van der Waals surface area contributed by atoms with Crippen LogP contribution in [-0.2, 0) is 15.1 Å². The highest BCUT2D eigenvalue weighted by atomic mass is 16.3. The Morgan fingerprint density at radius 2 is 1.68 bits per heavy atom. The zero-order chi connectivity index (χ0) is 26.9. The topological polar surface area (TPSA) is 114 Å². The zero-order valence-corrected chi connectivity index (χ0v) is 22.7. The minimum atomic E-state index is -0.873. The van der Waals surface area contributed by atoms with Gasteiger partial charge in [-0.1, -0.05) is 30.3 Å². The first kappa shape index (κ1) is 27.4. The average Bonchev–Trinajstić information content (AvgIpc) is 3.12. The summed E-state index contributed by atoms with van der Waals surface area (Å²) in [6.45, 7) is 4.62. The van der Waals surface area contributed by atoms with Crippen LogP contribution in [0.15, 0.2) is 30.3 Å². The second-order valence-electron chi connectivity index (χ2n) is 12.0. The van der Waals surface area contributed by atoms with Crippen molar-refractivity contribution in [1.82, 2.24) is 25.8 Å². The summed E-state index contributed by atoms with van der Waals surface area (Å²) in [5.74, 6) is -0.537. The van der Waals surface area contributed by atoms with Crippen LogP contribution in [0, 0.1) is 5.41 Å². The number of urea groups is 1. The molecule has 1 aliphatic heterocycles. The van der Waals surface area contributed by atoms with Crippen molar-refractivity contribution in [3.63, 3.8) is 0 Å². The molecule has 0 aromatic heterocycles. The van der Waals surface area contributed by atoms with Gasteiger partial charge in [0.25, 0.3) is 0 Å². The Balaban J connectivity index is 1.53. The Morgan fingerprint density at radius 1 is 1.03 bits per heavy atom. The summed E-state index contributed by atoms with van der Waals surface area (Å²) in [6.07, 6.45) is 5.77. The first-order chi connectivity index (χ1) is 17.5. The molecule has 4 rings (SSSR count). The molecule has 4 N–H and O–H groups in total. The van der Waals surface area contributed by atoms with Gasteiger partial charge < -0.3 is 30.9 Å². The van der Waals surface area contributed by atoms with Crippen molar-refractivity contribution in [1.29, 1.82) is 0 Å². The summed E-state index contributed by atoms with van der Waals surface area (Å²) in [5, 5.41) is 19.8. The number of β-amino-alcohol motifs (C(OH)–C–C–N with tert-alkyl or cyclic N) is 1. The molecule has 2 saturated carbocycles. The molecule has 2 aliphatic carbocycles. The lowest BCUT2D eigenvalue weighted by Gasteiger charge is -2.50. The molecule has 204 valence electrons. The number of hydrogen-bond donors (Lipinski definition) is 4. The summed E-state index contributed by atoms with van der Waals surface area (Å²) in [7, 11) is 3.53. The predicted molar refractivity (Wildman–Crippen MR) is 142 cm³/mol. The molecule has 1 heterocycles. The molecule has 4 amide bonds. The van der Waals surface area contributed by atoms with Crippen LogP contribution in [0.1, 0.15) is 64.4 Å². The monoisotopic (exact) mass is 513 g/mol. The number of carbonyl (C=O) groups is 3. The van der Waals surface area contributed by atoms with Crippen LogP contribution >= 0.6 is 0 Å². The zero-order valence-electron chi connectivity index (χ0n) is 22.7. The number of nitrogens with one attached hydrogen (secondary N) is 3. The molecule has 3 aliphatic rings. The third-order valence-corrected chi connectivity index (χ3v) is 9.02. The maximum absolute atomic E-state index is 13.8. The van der Waals surface area contributed by atoms with Crippen molar-refractivity contribution in [2.75, 3.05) is 40.3 Å². The summed E-state index contributed by atoms with van der Waals surface area (Å²) >= 11 is 0. The van der Waals surface area contributed by atoms with Gasteiger partial charge in [0.05, 0.1) is 29.6 Å². The van der Waals surface area contributed by atoms with Gasteiger partial charge in [-0.15, -0.1) is 0 Å². The van der Waals surface area contributed by atoms with Crippen LogP contribution in [0.25, 0.3) is 0 Å². The lowest BCUT2D eigenvalue weighted by Crippen LogP contribution is -2.59. The molecule has 1 spiro atoms. The largest absolute Gasteiger partial charge is 0.388 e. The SMILES string of the molecule is CNC(=O)CNC(=O)C(C)(C)CN1C[C@]2(CC[C@@](NC)(c3ccccc3)CC2)N(CC2(O)CCC2)C1=O. The molecule has 0 bridgehead atoms. The van der Waals surface area contributed by atoms with Gasteiger partial charge in [0.2, 0.25) is 11.8 Å². The number of rotatable bonds is 9. The maximum Gasteiger partial charge on any atom is 0.320 e. The molecule has 9 heteroatoms. The van der Waals surface area contributed by atoms with E-state index in [-0.39, 0.29) is 42.0 Å². The van der Waals surface area contributed by atoms with Gasteiger partial charge in [-0.25, -0.2) is 4.79 Å². The average molecular weight is 514 g/mol. The van der Waals surface area contributed by atoms with Crippen LogP contribution in [-0.4, -0.2) is 84.2 Å². The van der Waals surface area contributed by atoms with E-state index >= 15 is 0 Å². The highest BCUT2D eigenvalue weighted by molar-refractivity contribution is 5.88. The lowest BCUT2D eigenvalue weighted by molar-refractivity contribution is -0.132. The van der Waals surface area contributed by atoms with Gasteiger partial charge in [-0.2, -0.15) is 0 Å². The van der Waals surface area contributed by atoms with Crippen molar-refractivity contribution >= 4 is 17.8 Å². The highest BCUT2D eigenvalue weighted by Gasteiger charge is 2.56. The standard InChI is InChI=1S/C28H43N5O4/c1-25(2,23(35)31-17-22(34)29-3)18-32-19-26(33(24(32)36)20-27(37)11-8-12-27)13-15-28(30-4,16-14-26)21-9-6-5-7-10-21/h5-7,9-10,30,37H,8,11-20H2,1-4H3,(H,29,34)(H,31,35)/t26-,28+. The second-order valence-corrected chi connectivity index (χ2v) is 12.0. The van der Waals surface area contributed by atoms with Gasteiger partial charge in [0.15, 0.2) is 0 Å². The molecule has 1 aromatic carbocycles. The van der Waals surface area contributed by atoms with E-state index in [0.717, 1.165) is 32.1 Å². The Bertz CT molecular complexity index is 999. The lowest BCUT2D eigenvalue weighted by atomic mass is 9.68. The van der Waals surface area contributed by atoms with Crippen LogP contribution in [0.2, 0.25) is 0 Å². The van der Waals surface area contributed by atoms with Gasteiger partial charge in [-0.3, -0.25) is 9.59 Å². The van der Waals surface area contributed by atoms with Crippen LogP contribution in [0.5, 0.6) is 0 Å².